The molecule has 6 heteroatoms. The molecule has 160 valence electrons. The third-order valence-corrected chi connectivity index (χ3v) is 5.08. The first-order valence-electron chi connectivity index (χ1n) is 10.5. The van der Waals surface area contributed by atoms with Gasteiger partial charge in [-0.3, -0.25) is 9.89 Å². The van der Waals surface area contributed by atoms with Crippen LogP contribution < -0.4 is 10.2 Å². The molecule has 1 heterocycles. The number of nitrogens with one attached hydrogen (secondary N) is 2. The zero-order valence-corrected chi connectivity index (χ0v) is 17.6. The molecule has 0 saturated carbocycles. The van der Waals surface area contributed by atoms with E-state index in [9.17, 15) is 4.79 Å². The Kier molecular flexibility index (Phi) is 5.63. The molecule has 6 nitrogen and oxygen atoms in total. The molecular weight excluding hydrogens is 412 g/mol. The number of hydrogen-bond donors (Lipinski definition) is 2. The highest BCUT2D eigenvalue weighted by molar-refractivity contribution is 5.94. The Hall–Kier alpha value is -4.71. The fourth-order valence-electron chi connectivity index (χ4n) is 3.44. The molecule has 0 unspecified atom stereocenters. The number of amides is 1. The van der Waals surface area contributed by atoms with Crippen molar-refractivity contribution in [2.45, 2.75) is 0 Å². The monoisotopic (exact) mass is 432 g/mol. The average molecular weight is 432 g/mol. The van der Waals surface area contributed by atoms with E-state index in [2.05, 4.69) is 32.9 Å². The summed E-state index contributed by atoms with van der Waals surface area (Å²) in [7, 11) is 0. The highest BCUT2D eigenvalue weighted by Crippen LogP contribution is 2.24. The molecule has 0 atom stereocenters. The molecule has 0 aliphatic heterocycles. The quantitative estimate of drug-likeness (QED) is 0.263. The van der Waals surface area contributed by atoms with Crippen molar-refractivity contribution in [3.63, 3.8) is 0 Å². The summed E-state index contributed by atoms with van der Waals surface area (Å²) in [6, 6.07) is 32.9. The lowest BCUT2D eigenvalue weighted by atomic mass is 10.1. The summed E-state index contributed by atoms with van der Waals surface area (Å²) in [4.78, 5) is 12.5. The number of rotatable bonds is 6. The Morgan fingerprint density at radius 3 is 2.48 bits per heavy atom. The number of aromatic nitrogens is 2. The van der Waals surface area contributed by atoms with Gasteiger partial charge < -0.3 is 4.74 Å². The first kappa shape index (κ1) is 20.2. The molecule has 0 aliphatic rings. The van der Waals surface area contributed by atoms with Crippen LogP contribution in [0.15, 0.2) is 108 Å². The van der Waals surface area contributed by atoms with E-state index >= 15 is 0 Å². The molecule has 1 amide bonds. The van der Waals surface area contributed by atoms with Gasteiger partial charge in [0, 0.05) is 5.56 Å². The number of carbonyl (C=O) groups excluding carboxylic acids is 1. The third kappa shape index (κ3) is 4.80. The van der Waals surface area contributed by atoms with E-state index in [0.29, 0.717) is 17.1 Å². The zero-order chi connectivity index (χ0) is 22.5. The topological polar surface area (TPSA) is 79.4 Å². The van der Waals surface area contributed by atoms with Crippen LogP contribution in [0, 0.1) is 0 Å². The van der Waals surface area contributed by atoms with Crippen molar-refractivity contribution < 1.29 is 9.53 Å². The number of H-pyrrole nitrogens is 1. The van der Waals surface area contributed by atoms with Gasteiger partial charge in [0.05, 0.1) is 11.9 Å². The molecule has 0 spiro atoms. The van der Waals surface area contributed by atoms with Crippen molar-refractivity contribution in [1.82, 2.24) is 15.6 Å². The van der Waals surface area contributed by atoms with Crippen LogP contribution in [-0.4, -0.2) is 22.3 Å². The molecule has 0 radical (unpaired) electrons. The Labute approximate surface area is 190 Å². The second kappa shape index (κ2) is 9.20. The highest BCUT2D eigenvalue weighted by atomic mass is 16.5. The standard InChI is InChI=1S/C27H20N4O2/c32-27(26-17-25(29-30-26)22-14-13-20-8-4-5-9-21(20)16-22)31-28-18-19-7-6-12-24(15-19)33-23-10-2-1-3-11-23/h1-18H,(H,29,30)(H,31,32)/b28-18+. The SMILES string of the molecule is O=C(N/N=C/c1cccc(Oc2ccccc2)c1)c1cc(-c2ccc3ccccc3c2)n[nH]1. The van der Waals surface area contributed by atoms with Crippen molar-refractivity contribution in [1.29, 1.82) is 0 Å². The van der Waals surface area contributed by atoms with E-state index in [1.807, 2.05) is 84.9 Å². The fourth-order valence-corrected chi connectivity index (χ4v) is 3.44. The van der Waals surface area contributed by atoms with Gasteiger partial charge in [-0.15, -0.1) is 0 Å². The van der Waals surface area contributed by atoms with Crippen molar-refractivity contribution in [3.05, 3.63) is 114 Å². The molecule has 1 aromatic heterocycles. The minimum Gasteiger partial charge on any atom is -0.457 e. The summed E-state index contributed by atoms with van der Waals surface area (Å²) in [5.74, 6) is 1.06. The van der Waals surface area contributed by atoms with Gasteiger partial charge in [0.15, 0.2) is 0 Å². The number of hydrazone groups is 1. The number of hydrogen-bond acceptors (Lipinski definition) is 4. The van der Waals surface area contributed by atoms with E-state index in [4.69, 9.17) is 4.74 Å². The number of carbonyl (C=O) groups is 1. The van der Waals surface area contributed by atoms with Gasteiger partial charge in [-0.25, -0.2) is 5.43 Å². The van der Waals surface area contributed by atoms with Crippen molar-refractivity contribution in [2.24, 2.45) is 5.10 Å². The van der Waals surface area contributed by atoms with Gasteiger partial charge >= 0.3 is 0 Å². The fraction of sp³-hybridized carbons (Fsp3) is 0. The number of benzene rings is 4. The second-order valence-electron chi connectivity index (χ2n) is 7.42. The van der Waals surface area contributed by atoms with Crippen LogP contribution in [0.4, 0.5) is 0 Å². The molecule has 5 rings (SSSR count). The highest BCUT2D eigenvalue weighted by Gasteiger charge is 2.11. The predicted molar refractivity (Wildman–Crippen MR) is 130 cm³/mol. The van der Waals surface area contributed by atoms with Crippen LogP contribution in [0.5, 0.6) is 11.5 Å². The smallest absolute Gasteiger partial charge is 0.289 e. The summed E-state index contributed by atoms with van der Waals surface area (Å²) in [5, 5.41) is 13.4. The normalized spacial score (nSPS) is 11.0. The van der Waals surface area contributed by atoms with Crippen LogP contribution in [0.3, 0.4) is 0 Å². The van der Waals surface area contributed by atoms with Crippen LogP contribution in [0.1, 0.15) is 16.1 Å². The number of nitrogens with zero attached hydrogens (tertiary/aromatic N) is 2. The van der Waals surface area contributed by atoms with Crippen LogP contribution in [0.2, 0.25) is 0 Å². The van der Waals surface area contributed by atoms with E-state index in [1.165, 1.54) is 0 Å². The third-order valence-electron chi connectivity index (χ3n) is 5.08. The minimum absolute atomic E-state index is 0.330. The lowest BCUT2D eigenvalue weighted by Crippen LogP contribution is -2.18. The van der Waals surface area contributed by atoms with Crippen molar-refractivity contribution in [2.75, 3.05) is 0 Å². The van der Waals surface area contributed by atoms with E-state index in [0.717, 1.165) is 27.6 Å². The summed E-state index contributed by atoms with van der Waals surface area (Å²) in [6.07, 6.45) is 1.57. The van der Waals surface area contributed by atoms with E-state index < -0.39 is 0 Å². The number of fused-ring (bicyclic) bond motifs is 1. The summed E-state index contributed by atoms with van der Waals surface area (Å²) >= 11 is 0. The second-order valence-corrected chi connectivity index (χ2v) is 7.42. The maximum atomic E-state index is 12.5. The minimum atomic E-state index is -0.373. The van der Waals surface area contributed by atoms with Gasteiger partial charge in [-0.05, 0) is 52.7 Å². The van der Waals surface area contributed by atoms with Crippen LogP contribution in [0.25, 0.3) is 22.0 Å². The van der Waals surface area contributed by atoms with Crippen molar-refractivity contribution in [3.8, 4) is 22.8 Å². The van der Waals surface area contributed by atoms with Crippen LogP contribution >= 0.6 is 0 Å². The molecule has 0 fully saturated rings. The first-order chi connectivity index (χ1) is 16.2. The molecule has 4 aromatic carbocycles. The molecule has 33 heavy (non-hydrogen) atoms. The summed E-state index contributed by atoms with van der Waals surface area (Å²) < 4.78 is 5.83. The first-order valence-corrected chi connectivity index (χ1v) is 10.5. The Morgan fingerprint density at radius 1 is 0.818 bits per heavy atom. The number of aromatic amines is 1. The molecule has 0 bridgehead atoms. The largest absolute Gasteiger partial charge is 0.457 e. The van der Waals surface area contributed by atoms with Gasteiger partial charge in [0.1, 0.15) is 17.2 Å². The molecule has 5 aromatic rings. The lowest BCUT2D eigenvalue weighted by molar-refractivity contribution is 0.0950. The van der Waals surface area contributed by atoms with E-state index in [1.54, 1.807) is 12.3 Å². The van der Waals surface area contributed by atoms with E-state index in [-0.39, 0.29) is 5.91 Å². The number of ether oxygens (including phenoxy) is 1. The Morgan fingerprint density at radius 2 is 1.61 bits per heavy atom. The lowest BCUT2D eigenvalue weighted by Gasteiger charge is -2.05. The van der Waals surface area contributed by atoms with Crippen molar-refractivity contribution >= 4 is 22.9 Å². The van der Waals surface area contributed by atoms with Gasteiger partial charge in [-0.2, -0.15) is 10.2 Å². The van der Waals surface area contributed by atoms with Gasteiger partial charge in [0.2, 0.25) is 0 Å². The predicted octanol–water partition coefficient (Wildman–Crippen LogP) is 5.79. The molecule has 0 aliphatic carbocycles. The maximum absolute atomic E-state index is 12.5. The maximum Gasteiger partial charge on any atom is 0.289 e. The molecule has 0 saturated heterocycles. The average Bonchev–Trinajstić information content (AvgIpc) is 3.35. The Bertz CT molecular complexity index is 1440. The van der Waals surface area contributed by atoms with Crippen LogP contribution in [-0.2, 0) is 0 Å². The molecule has 2 N–H and O–H groups in total. The molecular formula is C27H20N4O2. The number of para-hydroxylation sites is 1. The summed E-state index contributed by atoms with van der Waals surface area (Å²) in [6.45, 7) is 0. The summed E-state index contributed by atoms with van der Waals surface area (Å²) in [5.41, 5.74) is 5.28. The zero-order valence-electron chi connectivity index (χ0n) is 17.6. The van der Waals surface area contributed by atoms with Gasteiger partial charge in [-0.1, -0.05) is 66.7 Å². The Balaban J connectivity index is 1.24. The van der Waals surface area contributed by atoms with Gasteiger partial charge in [0.25, 0.3) is 5.91 Å².